The summed E-state index contributed by atoms with van der Waals surface area (Å²) in [5.41, 5.74) is 0.554. The molecule has 2 amide bonds. The van der Waals surface area contributed by atoms with Crippen LogP contribution >= 0.6 is 11.8 Å². The maximum absolute atomic E-state index is 12.2. The number of thioether (sulfide) groups is 1. The second-order valence-corrected chi connectivity index (χ2v) is 5.86. The van der Waals surface area contributed by atoms with Crippen molar-refractivity contribution in [1.29, 1.82) is 0 Å². The van der Waals surface area contributed by atoms with Gasteiger partial charge in [0.2, 0.25) is 0 Å². The number of ether oxygens (including phenoxy) is 1. The molecular weight excluding hydrogens is 306 g/mol. The zero-order valence-electron chi connectivity index (χ0n) is 12.1. The van der Waals surface area contributed by atoms with Crippen molar-refractivity contribution in [1.82, 2.24) is 4.90 Å². The first-order valence-electron chi connectivity index (χ1n) is 6.61. The van der Waals surface area contributed by atoms with Crippen LogP contribution in [0.3, 0.4) is 0 Å². The van der Waals surface area contributed by atoms with Crippen LogP contribution in [0.15, 0.2) is 29.2 Å². The number of carbonyl (C=O) groups is 3. The normalized spacial score (nSPS) is 16.7. The molecule has 6 nitrogen and oxygen atoms in total. The van der Waals surface area contributed by atoms with E-state index in [9.17, 15) is 14.4 Å². The second-order valence-electron chi connectivity index (χ2n) is 4.87. The number of rotatable bonds is 5. The van der Waals surface area contributed by atoms with Gasteiger partial charge in [0, 0.05) is 11.6 Å². The highest BCUT2D eigenvalue weighted by atomic mass is 32.2. The number of para-hydroxylation sites is 1. The molecule has 1 fully saturated rings. The van der Waals surface area contributed by atoms with E-state index in [0.29, 0.717) is 16.2 Å². The Morgan fingerprint density at radius 2 is 2.05 bits per heavy atom. The third-order valence-electron chi connectivity index (χ3n) is 2.90. The van der Waals surface area contributed by atoms with Crippen molar-refractivity contribution in [2.24, 2.45) is 0 Å². The Hall–Kier alpha value is -2.28. The monoisotopic (exact) mass is 321 g/mol. The van der Waals surface area contributed by atoms with Crippen LogP contribution in [0.25, 0.3) is 6.08 Å². The topological polar surface area (TPSA) is 83.9 Å². The number of aliphatic carboxylic acids is 1. The number of carboxylic acid groups (broad SMARTS) is 1. The van der Waals surface area contributed by atoms with E-state index in [1.165, 1.54) is 4.90 Å². The van der Waals surface area contributed by atoms with Gasteiger partial charge in [-0.1, -0.05) is 18.2 Å². The first-order chi connectivity index (χ1) is 10.4. The van der Waals surface area contributed by atoms with E-state index in [-0.39, 0.29) is 17.2 Å². The molecule has 0 atom stereocenters. The lowest BCUT2D eigenvalue weighted by atomic mass is 10.2. The molecule has 0 unspecified atom stereocenters. The molecule has 1 aromatic carbocycles. The van der Waals surface area contributed by atoms with Gasteiger partial charge in [-0.25, -0.2) is 4.79 Å². The molecule has 1 aromatic rings. The largest absolute Gasteiger partial charge is 0.481 e. The molecule has 1 N–H and O–H groups in total. The molecule has 1 aliphatic rings. The summed E-state index contributed by atoms with van der Waals surface area (Å²) >= 11 is 0.865. The maximum atomic E-state index is 12.2. The van der Waals surface area contributed by atoms with Gasteiger partial charge in [0.05, 0.1) is 4.91 Å². The van der Waals surface area contributed by atoms with Crippen molar-refractivity contribution < 1.29 is 24.2 Å². The van der Waals surface area contributed by atoms with Crippen LogP contribution < -0.4 is 4.74 Å². The Morgan fingerprint density at radius 3 is 2.64 bits per heavy atom. The quantitative estimate of drug-likeness (QED) is 0.839. The lowest BCUT2D eigenvalue weighted by Crippen LogP contribution is -2.34. The number of benzene rings is 1. The van der Waals surface area contributed by atoms with Crippen LogP contribution in [0.2, 0.25) is 0 Å². The van der Waals surface area contributed by atoms with Gasteiger partial charge in [-0.05, 0) is 37.8 Å². The van der Waals surface area contributed by atoms with Crippen LogP contribution in [0, 0.1) is 0 Å². The Morgan fingerprint density at radius 1 is 1.36 bits per heavy atom. The van der Waals surface area contributed by atoms with E-state index in [1.807, 2.05) is 0 Å². The fourth-order valence-electron chi connectivity index (χ4n) is 1.94. The Labute approximate surface area is 131 Å². The molecule has 1 saturated heterocycles. The molecule has 0 spiro atoms. The number of carbonyl (C=O) groups excluding carboxylic acids is 2. The minimum Gasteiger partial charge on any atom is -0.481 e. The van der Waals surface area contributed by atoms with Gasteiger partial charge >= 0.3 is 5.97 Å². The highest BCUT2D eigenvalue weighted by Crippen LogP contribution is 2.34. The Bertz CT molecular complexity index is 653. The van der Waals surface area contributed by atoms with Crippen LogP contribution in [0.5, 0.6) is 5.75 Å². The number of amides is 2. The van der Waals surface area contributed by atoms with E-state index in [2.05, 4.69) is 0 Å². The fourth-order valence-corrected chi connectivity index (χ4v) is 2.89. The van der Waals surface area contributed by atoms with Crippen molar-refractivity contribution >= 4 is 35.0 Å². The summed E-state index contributed by atoms with van der Waals surface area (Å²) in [5, 5.41) is 8.36. The van der Waals surface area contributed by atoms with Crippen LogP contribution in [0.1, 0.15) is 19.4 Å². The number of carboxylic acids is 1. The molecule has 1 aliphatic heterocycles. The molecule has 0 aromatic heterocycles. The molecule has 0 bridgehead atoms. The molecule has 0 radical (unpaired) electrons. The smallest absolute Gasteiger partial charge is 0.341 e. The van der Waals surface area contributed by atoms with E-state index in [0.717, 1.165) is 11.8 Å². The summed E-state index contributed by atoms with van der Waals surface area (Å²) in [6, 6.07) is 6.54. The lowest BCUT2D eigenvalue weighted by Gasteiger charge is -2.16. The summed E-state index contributed by atoms with van der Waals surface area (Å²) in [6.07, 6.45) is 1.55. The van der Waals surface area contributed by atoms with Crippen LogP contribution in [-0.4, -0.2) is 39.8 Å². The molecule has 0 saturated carbocycles. The van der Waals surface area contributed by atoms with Gasteiger partial charge in [0.15, 0.2) is 6.61 Å². The second kappa shape index (κ2) is 6.65. The standard InChI is InChI=1S/C15H15NO5S/c1-9(2)16-14(19)12(22-15(16)20)7-10-5-3-4-6-11(10)21-8-13(17)18/h3-7,9H,8H2,1-2H3,(H,17,18)/b12-7-. The predicted molar refractivity (Wildman–Crippen MR) is 82.5 cm³/mol. The minimum atomic E-state index is -1.09. The van der Waals surface area contributed by atoms with Gasteiger partial charge in [0.25, 0.3) is 11.1 Å². The minimum absolute atomic E-state index is 0.211. The van der Waals surface area contributed by atoms with Crippen molar-refractivity contribution in [3.8, 4) is 5.75 Å². The first-order valence-corrected chi connectivity index (χ1v) is 7.42. The molecule has 116 valence electrons. The summed E-state index contributed by atoms with van der Waals surface area (Å²) in [5.74, 6) is -1.09. The number of hydrogen-bond donors (Lipinski definition) is 1. The molecule has 1 heterocycles. The SMILES string of the molecule is CC(C)N1C(=O)S/C(=C\c2ccccc2OCC(=O)O)C1=O. The zero-order chi connectivity index (χ0) is 16.3. The van der Waals surface area contributed by atoms with Crippen molar-refractivity contribution in [2.75, 3.05) is 6.61 Å². The Balaban J connectivity index is 2.28. The van der Waals surface area contributed by atoms with Gasteiger partial charge < -0.3 is 9.84 Å². The fraction of sp³-hybridized carbons (Fsp3) is 0.267. The molecule has 7 heteroatoms. The zero-order valence-corrected chi connectivity index (χ0v) is 12.9. The molecule has 0 aliphatic carbocycles. The van der Waals surface area contributed by atoms with Gasteiger partial charge in [-0.15, -0.1) is 0 Å². The summed E-state index contributed by atoms with van der Waals surface area (Å²) in [6.45, 7) is 3.06. The first kappa shape index (κ1) is 16.1. The third kappa shape index (κ3) is 3.48. The highest BCUT2D eigenvalue weighted by Gasteiger charge is 2.36. The average molecular weight is 321 g/mol. The van der Waals surface area contributed by atoms with E-state index >= 15 is 0 Å². The van der Waals surface area contributed by atoms with Crippen molar-refractivity contribution in [2.45, 2.75) is 19.9 Å². The molecule has 22 heavy (non-hydrogen) atoms. The molecular formula is C15H15NO5S. The Kier molecular flexibility index (Phi) is 4.87. The molecule has 2 rings (SSSR count). The summed E-state index contributed by atoms with van der Waals surface area (Å²) in [7, 11) is 0. The van der Waals surface area contributed by atoms with Crippen LogP contribution in [0.4, 0.5) is 4.79 Å². The van der Waals surface area contributed by atoms with Crippen molar-refractivity contribution in [3.05, 3.63) is 34.7 Å². The van der Waals surface area contributed by atoms with Gasteiger partial charge in [-0.2, -0.15) is 0 Å². The average Bonchev–Trinajstić information content (AvgIpc) is 2.72. The van der Waals surface area contributed by atoms with Crippen molar-refractivity contribution in [3.63, 3.8) is 0 Å². The van der Waals surface area contributed by atoms with E-state index in [1.54, 1.807) is 44.2 Å². The number of imide groups is 1. The maximum Gasteiger partial charge on any atom is 0.341 e. The number of hydrogen-bond acceptors (Lipinski definition) is 5. The summed E-state index contributed by atoms with van der Waals surface area (Å²) in [4.78, 5) is 36.1. The highest BCUT2D eigenvalue weighted by molar-refractivity contribution is 8.18. The van der Waals surface area contributed by atoms with E-state index in [4.69, 9.17) is 9.84 Å². The van der Waals surface area contributed by atoms with E-state index < -0.39 is 12.6 Å². The summed E-state index contributed by atoms with van der Waals surface area (Å²) < 4.78 is 5.18. The predicted octanol–water partition coefficient (Wildman–Crippen LogP) is 2.59. The van der Waals surface area contributed by atoms with Gasteiger partial charge in [-0.3, -0.25) is 14.5 Å². The lowest BCUT2D eigenvalue weighted by molar-refractivity contribution is -0.139. The van der Waals surface area contributed by atoms with Gasteiger partial charge in [0.1, 0.15) is 5.75 Å². The third-order valence-corrected chi connectivity index (χ3v) is 3.78. The number of nitrogens with zero attached hydrogens (tertiary/aromatic N) is 1. The van der Waals surface area contributed by atoms with Crippen LogP contribution in [-0.2, 0) is 9.59 Å².